The maximum absolute atomic E-state index is 12.9. The van der Waals surface area contributed by atoms with Crippen molar-refractivity contribution in [2.45, 2.75) is 25.7 Å². The minimum Gasteiger partial charge on any atom is -0.427 e. The smallest absolute Gasteiger partial charge is 0.349 e. The van der Waals surface area contributed by atoms with E-state index < -0.39 is 11.5 Å². The predicted octanol–water partition coefficient (Wildman–Crippen LogP) is 3.70. The second-order valence-electron chi connectivity index (χ2n) is 6.96. The van der Waals surface area contributed by atoms with Gasteiger partial charge in [-0.1, -0.05) is 12.1 Å². The Balaban J connectivity index is 0.00000160. The molecule has 1 fully saturated rings. The average Bonchev–Trinajstić information content (AvgIpc) is 3.23. The van der Waals surface area contributed by atoms with Gasteiger partial charge in [-0.2, -0.15) is 0 Å². The molecule has 1 aromatic carbocycles. The van der Waals surface area contributed by atoms with Gasteiger partial charge in [-0.05, 0) is 56.6 Å². The third-order valence-electron chi connectivity index (χ3n) is 5.07. The van der Waals surface area contributed by atoms with Gasteiger partial charge in [0.1, 0.15) is 11.3 Å². The molecule has 2 N–H and O–H groups in total. The van der Waals surface area contributed by atoms with Crippen molar-refractivity contribution < 1.29 is 9.21 Å². The van der Waals surface area contributed by atoms with Gasteiger partial charge in [0.05, 0.1) is 17.7 Å². The fourth-order valence-electron chi connectivity index (χ4n) is 3.60. The van der Waals surface area contributed by atoms with Crippen LogP contribution < -0.4 is 16.3 Å². The van der Waals surface area contributed by atoms with Gasteiger partial charge in [0, 0.05) is 18.3 Å². The quantitative estimate of drug-likeness (QED) is 0.632. The van der Waals surface area contributed by atoms with Gasteiger partial charge in [-0.3, -0.25) is 4.79 Å². The maximum Gasteiger partial charge on any atom is 0.349 e. The summed E-state index contributed by atoms with van der Waals surface area (Å²) in [6.45, 7) is 3.58. The Labute approximate surface area is 186 Å². The average molecular weight is 451 g/mol. The summed E-state index contributed by atoms with van der Waals surface area (Å²) in [5.41, 5.74) is 1.43. The van der Waals surface area contributed by atoms with Gasteiger partial charge in [0.2, 0.25) is 0 Å². The summed E-state index contributed by atoms with van der Waals surface area (Å²) < 4.78 is 7.33. The summed E-state index contributed by atoms with van der Waals surface area (Å²) in [7, 11) is 0. The molecular formula is C21H24Cl2N4O3. The molecular weight excluding hydrogens is 427 g/mol. The van der Waals surface area contributed by atoms with Crippen LogP contribution in [-0.2, 0) is 0 Å². The number of hydrogen-bond donors (Lipinski definition) is 2. The Bertz CT molecular complexity index is 1040. The largest absolute Gasteiger partial charge is 0.427 e. The number of para-hydroxylation sites is 2. The normalized spacial score (nSPS) is 13.8. The lowest BCUT2D eigenvalue weighted by Gasteiger charge is -2.22. The first-order valence-corrected chi connectivity index (χ1v) is 9.37. The lowest BCUT2D eigenvalue weighted by atomic mass is 9.94. The summed E-state index contributed by atoms with van der Waals surface area (Å²) in [6, 6.07) is 9.18. The number of benzene rings is 1. The van der Waals surface area contributed by atoms with E-state index in [1.54, 1.807) is 36.3 Å². The first-order valence-electron chi connectivity index (χ1n) is 9.37. The molecule has 0 atom stereocenters. The molecule has 4 rings (SSSR count). The van der Waals surface area contributed by atoms with E-state index in [2.05, 4.69) is 15.6 Å². The molecule has 0 saturated carbocycles. The molecule has 1 amide bonds. The topological polar surface area (TPSA) is 89.2 Å². The van der Waals surface area contributed by atoms with Crippen molar-refractivity contribution in [3.8, 4) is 5.69 Å². The number of carbonyl (C=O) groups excluding carboxylic acids is 1. The first-order chi connectivity index (χ1) is 13.6. The number of rotatable bonds is 4. The molecule has 30 heavy (non-hydrogen) atoms. The highest BCUT2D eigenvalue weighted by Gasteiger charge is 2.23. The number of anilines is 1. The number of nitrogens with zero attached hydrogens (tertiary/aromatic N) is 2. The van der Waals surface area contributed by atoms with Crippen molar-refractivity contribution >= 4 is 36.4 Å². The van der Waals surface area contributed by atoms with Crippen molar-refractivity contribution in [1.82, 2.24) is 14.9 Å². The molecule has 1 saturated heterocycles. The first kappa shape index (κ1) is 23.7. The Morgan fingerprint density at radius 2 is 1.97 bits per heavy atom. The van der Waals surface area contributed by atoms with Gasteiger partial charge in [-0.25, -0.2) is 9.78 Å². The lowest BCUT2D eigenvalue weighted by Crippen LogP contribution is -2.28. The Kier molecular flexibility index (Phi) is 8.23. The third-order valence-corrected chi connectivity index (χ3v) is 5.07. The number of imidazole rings is 1. The Morgan fingerprint density at radius 3 is 2.63 bits per heavy atom. The van der Waals surface area contributed by atoms with Crippen molar-refractivity contribution in [2.75, 3.05) is 18.4 Å². The molecule has 1 aliphatic heterocycles. The SMILES string of the molecule is Cc1cc(C2CCNCC2)oc(=O)c1C(=O)Nc1ccccc1-n1ccnc1.Cl.Cl. The highest BCUT2D eigenvalue weighted by molar-refractivity contribution is 6.05. The number of nitrogens with one attached hydrogen (secondary N) is 2. The van der Waals surface area contributed by atoms with Crippen molar-refractivity contribution in [2.24, 2.45) is 0 Å². The summed E-state index contributed by atoms with van der Waals surface area (Å²) in [6.07, 6.45) is 6.95. The minimum atomic E-state index is -0.592. The zero-order chi connectivity index (χ0) is 19.5. The van der Waals surface area contributed by atoms with E-state index in [-0.39, 0.29) is 36.3 Å². The summed E-state index contributed by atoms with van der Waals surface area (Å²) in [5.74, 6) is 0.404. The third kappa shape index (κ3) is 4.92. The molecule has 3 aromatic rings. The van der Waals surface area contributed by atoms with Gasteiger partial charge >= 0.3 is 5.63 Å². The number of aryl methyl sites for hydroxylation is 1. The number of amides is 1. The Morgan fingerprint density at radius 1 is 1.23 bits per heavy atom. The molecule has 160 valence electrons. The van der Waals surface area contributed by atoms with E-state index in [4.69, 9.17) is 4.42 Å². The lowest BCUT2D eigenvalue weighted by molar-refractivity contribution is 0.102. The molecule has 0 aliphatic carbocycles. The van der Waals surface area contributed by atoms with E-state index in [1.807, 2.05) is 24.3 Å². The molecule has 7 nitrogen and oxygen atoms in total. The van der Waals surface area contributed by atoms with Crippen LogP contribution in [0.3, 0.4) is 0 Å². The van der Waals surface area contributed by atoms with Crippen LogP contribution in [0.4, 0.5) is 5.69 Å². The van der Waals surface area contributed by atoms with Crippen molar-refractivity contribution in [3.63, 3.8) is 0 Å². The maximum atomic E-state index is 12.9. The minimum absolute atomic E-state index is 0. The summed E-state index contributed by atoms with van der Waals surface area (Å²) in [4.78, 5) is 29.5. The van der Waals surface area contributed by atoms with Crippen LogP contribution in [0.25, 0.3) is 5.69 Å². The van der Waals surface area contributed by atoms with Gasteiger partial charge in [-0.15, -0.1) is 24.8 Å². The zero-order valence-corrected chi connectivity index (χ0v) is 18.1. The Hall–Kier alpha value is -2.61. The number of hydrogen-bond acceptors (Lipinski definition) is 5. The van der Waals surface area contributed by atoms with Crippen LogP contribution in [0.15, 0.2) is 58.3 Å². The van der Waals surface area contributed by atoms with Gasteiger partial charge < -0.3 is 19.6 Å². The highest BCUT2D eigenvalue weighted by Crippen LogP contribution is 2.26. The number of aromatic nitrogens is 2. The van der Waals surface area contributed by atoms with Crippen molar-refractivity contribution in [1.29, 1.82) is 0 Å². The second-order valence-corrected chi connectivity index (χ2v) is 6.96. The van der Waals surface area contributed by atoms with Crippen LogP contribution in [-0.4, -0.2) is 28.5 Å². The van der Waals surface area contributed by atoms with E-state index in [0.29, 0.717) is 17.0 Å². The van der Waals surface area contributed by atoms with Gasteiger partial charge in [0.15, 0.2) is 0 Å². The number of carbonyl (C=O) groups is 1. The van der Waals surface area contributed by atoms with Crippen molar-refractivity contribution in [3.05, 3.63) is 76.4 Å². The molecule has 9 heteroatoms. The highest BCUT2D eigenvalue weighted by atomic mass is 35.5. The molecule has 3 heterocycles. The molecule has 0 radical (unpaired) electrons. The van der Waals surface area contributed by atoms with Crippen LogP contribution in [0.5, 0.6) is 0 Å². The van der Waals surface area contributed by atoms with E-state index >= 15 is 0 Å². The molecule has 2 aromatic heterocycles. The standard InChI is InChI=1S/C21H22N4O3.2ClH/c1-14-12-18(15-6-8-22-9-7-15)28-21(27)19(14)20(26)24-16-4-2-3-5-17(16)25-11-10-23-13-25;;/h2-5,10-13,15,22H,6-9H2,1H3,(H,24,26);2*1H. The summed E-state index contributed by atoms with van der Waals surface area (Å²) in [5, 5.41) is 6.14. The molecule has 0 bridgehead atoms. The van der Waals surface area contributed by atoms with Crippen LogP contribution in [0, 0.1) is 6.92 Å². The van der Waals surface area contributed by atoms with Gasteiger partial charge in [0.25, 0.3) is 5.91 Å². The molecule has 0 spiro atoms. The number of halogens is 2. The van der Waals surface area contributed by atoms with Crippen LogP contribution in [0.1, 0.15) is 40.4 Å². The second kappa shape index (κ2) is 10.4. The molecule has 0 unspecified atom stereocenters. The van der Waals surface area contributed by atoms with E-state index in [0.717, 1.165) is 31.6 Å². The monoisotopic (exact) mass is 450 g/mol. The van der Waals surface area contributed by atoms with Crippen LogP contribution in [0.2, 0.25) is 0 Å². The predicted molar refractivity (Wildman–Crippen MR) is 121 cm³/mol. The zero-order valence-electron chi connectivity index (χ0n) is 16.5. The van der Waals surface area contributed by atoms with Crippen LogP contribution >= 0.6 is 24.8 Å². The number of piperidine rings is 1. The molecule has 1 aliphatic rings. The van der Waals surface area contributed by atoms with E-state index in [1.165, 1.54) is 0 Å². The van der Waals surface area contributed by atoms with E-state index in [9.17, 15) is 9.59 Å². The summed E-state index contributed by atoms with van der Waals surface area (Å²) >= 11 is 0. The fourth-order valence-corrected chi connectivity index (χ4v) is 3.60. The fraction of sp³-hybridized carbons (Fsp3) is 0.286.